The highest BCUT2D eigenvalue weighted by molar-refractivity contribution is 7.80. The lowest BCUT2D eigenvalue weighted by Crippen LogP contribution is -2.31. The van der Waals surface area contributed by atoms with Crippen LogP contribution >= 0.6 is 12.2 Å². The zero-order valence-electron chi connectivity index (χ0n) is 14.2. The van der Waals surface area contributed by atoms with Crippen molar-refractivity contribution < 1.29 is 9.72 Å². The van der Waals surface area contributed by atoms with Crippen molar-refractivity contribution in [3.8, 4) is 5.69 Å². The molecule has 1 amide bonds. The number of rotatable bonds is 6. The monoisotopic (exact) mass is 370 g/mol. The number of carbonyl (C=O) groups is 1. The van der Waals surface area contributed by atoms with Gasteiger partial charge in [0.25, 0.3) is 11.6 Å². The van der Waals surface area contributed by atoms with Gasteiger partial charge in [0.15, 0.2) is 5.11 Å². The molecule has 1 N–H and O–H groups in total. The van der Waals surface area contributed by atoms with E-state index < -0.39 is 4.92 Å². The van der Waals surface area contributed by atoms with Crippen LogP contribution in [0.1, 0.15) is 25.5 Å². The predicted octanol–water partition coefficient (Wildman–Crippen LogP) is 3.24. The van der Waals surface area contributed by atoms with Crippen LogP contribution in [0.4, 0.5) is 5.69 Å². The molecule has 3 rings (SSSR count). The number of nitrogens with zero attached hydrogens (tertiary/aromatic N) is 3. The predicted molar refractivity (Wildman–Crippen MR) is 103 cm³/mol. The summed E-state index contributed by atoms with van der Waals surface area (Å²) in [4.78, 5) is 24.5. The summed E-state index contributed by atoms with van der Waals surface area (Å²) in [6.07, 6.45) is 5.44. The molecule has 0 atom stereocenters. The van der Waals surface area contributed by atoms with E-state index in [0.29, 0.717) is 17.4 Å². The fraction of sp³-hybridized carbons (Fsp3) is 0.222. The third kappa shape index (κ3) is 3.50. The van der Waals surface area contributed by atoms with Gasteiger partial charge < -0.3 is 9.88 Å². The Balaban J connectivity index is 1.87. The van der Waals surface area contributed by atoms with E-state index in [1.165, 1.54) is 12.1 Å². The van der Waals surface area contributed by atoms with Gasteiger partial charge in [-0.25, -0.2) is 0 Å². The Hall–Kier alpha value is -3.00. The van der Waals surface area contributed by atoms with Crippen LogP contribution in [-0.4, -0.2) is 32.0 Å². The third-order valence-corrected chi connectivity index (χ3v) is 4.43. The minimum Gasteiger partial charge on any atom is -0.328 e. The molecule has 0 radical (unpaired) electrons. The largest absolute Gasteiger partial charge is 0.328 e. The Kier molecular flexibility index (Phi) is 5.13. The SMILES string of the molecule is CCCCN1C(=O)/C(=C\c2cccn2-c2ccc([N+](=O)[O-])cc2)NC1=S. The van der Waals surface area contributed by atoms with E-state index in [1.807, 2.05) is 22.9 Å². The number of hydrogen-bond donors (Lipinski definition) is 1. The molecule has 8 heteroatoms. The topological polar surface area (TPSA) is 80.4 Å². The number of hydrogen-bond acceptors (Lipinski definition) is 4. The number of amides is 1. The minimum absolute atomic E-state index is 0.0327. The molecule has 2 heterocycles. The molecular weight excluding hydrogens is 352 g/mol. The van der Waals surface area contributed by atoms with Crippen molar-refractivity contribution in [2.24, 2.45) is 0 Å². The molecule has 1 fully saturated rings. The maximum absolute atomic E-state index is 12.5. The van der Waals surface area contributed by atoms with Gasteiger partial charge in [0.1, 0.15) is 5.70 Å². The van der Waals surface area contributed by atoms with Crippen LogP contribution in [0.3, 0.4) is 0 Å². The van der Waals surface area contributed by atoms with Crippen molar-refractivity contribution in [1.82, 2.24) is 14.8 Å². The number of carbonyl (C=O) groups excluding carboxylic acids is 1. The zero-order chi connectivity index (χ0) is 18.7. The lowest BCUT2D eigenvalue weighted by Gasteiger charge is -2.12. The first kappa shape index (κ1) is 17.8. The molecule has 1 aliphatic heterocycles. The van der Waals surface area contributed by atoms with Gasteiger partial charge in [0, 0.05) is 36.3 Å². The summed E-state index contributed by atoms with van der Waals surface area (Å²) in [5, 5.41) is 14.2. The van der Waals surface area contributed by atoms with Crippen molar-refractivity contribution in [3.63, 3.8) is 0 Å². The standard InChI is InChI=1S/C18H18N4O3S/c1-2-3-10-21-17(23)16(19-18(21)26)12-15-5-4-11-20(15)13-6-8-14(9-7-13)22(24)25/h4-9,11-12H,2-3,10H2,1H3,(H,19,26)/b16-12+. The second-order valence-electron chi connectivity index (χ2n) is 5.88. The quantitative estimate of drug-likeness (QED) is 0.365. The molecule has 0 unspecified atom stereocenters. The normalized spacial score (nSPS) is 15.6. The fourth-order valence-electron chi connectivity index (χ4n) is 2.72. The highest BCUT2D eigenvalue weighted by atomic mass is 32.1. The number of benzene rings is 1. The lowest BCUT2D eigenvalue weighted by atomic mass is 10.2. The first-order valence-electron chi connectivity index (χ1n) is 8.28. The molecule has 1 aromatic heterocycles. The third-order valence-electron chi connectivity index (χ3n) is 4.11. The van der Waals surface area contributed by atoms with Gasteiger partial charge >= 0.3 is 0 Å². The molecule has 1 aliphatic rings. The van der Waals surface area contributed by atoms with E-state index in [2.05, 4.69) is 12.2 Å². The first-order valence-corrected chi connectivity index (χ1v) is 8.69. The Morgan fingerprint density at radius 3 is 2.65 bits per heavy atom. The second kappa shape index (κ2) is 7.49. The zero-order valence-corrected chi connectivity index (χ0v) is 15.0. The van der Waals surface area contributed by atoms with Crippen LogP contribution in [0.2, 0.25) is 0 Å². The van der Waals surface area contributed by atoms with Crippen LogP contribution in [0.15, 0.2) is 48.3 Å². The number of thiocarbonyl (C=S) groups is 1. The number of unbranched alkanes of at least 4 members (excludes halogenated alkanes) is 1. The van der Waals surface area contributed by atoms with Crippen LogP contribution in [0.5, 0.6) is 0 Å². The Bertz CT molecular complexity index is 886. The molecule has 1 aromatic carbocycles. The molecule has 0 spiro atoms. The van der Waals surface area contributed by atoms with Crippen molar-refractivity contribution >= 4 is 35.0 Å². The number of nitro benzene ring substituents is 1. The van der Waals surface area contributed by atoms with Crippen molar-refractivity contribution in [2.45, 2.75) is 19.8 Å². The molecule has 2 aromatic rings. The van der Waals surface area contributed by atoms with Crippen molar-refractivity contribution in [1.29, 1.82) is 0 Å². The summed E-state index contributed by atoms with van der Waals surface area (Å²) < 4.78 is 1.85. The van der Waals surface area contributed by atoms with Crippen LogP contribution in [0.25, 0.3) is 11.8 Å². The number of aromatic nitrogens is 1. The molecule has 0 saturated carbocycles. The van der Waals surface area contributed by atoms with Crippen LogP contribution in [-0.2, 0) is 4.79 Å². The highest BCUT2D eigenvalue weighted by Gasteiger charge is 2.30. The van der Waals surface area contributed by atoms with E-state index in [1.54, 1.807) is 23.1 Å². The summed E-state index contributed by atoms with van der Waals surface area (Å²) in [6.45, 7) is 2.66. The Morgan fingerprint density at radius 2 is 2.00 bits per heavy atom. The van der Waals surface area contributed by atoms with E-state index in [-0.39, 0.29) is 11.6 Å². The van der Waals surface area contributed by atoms with Gasteiger partial charge in [0.05, 0.1) is 4.92 Å². The van der Waals surface area contributed by atoms with E-state index >= 15 is 0 Å². The summed E-state index contributed by atoms with van der Waals surface area (Å²) in [6, 6.07) is 9.95. The van der Waals surface area contributed by atoms with Gasteiger partial charge in [-0.2, -0.15) is 0 Å². The van der Waals surface area contributed by atoms with Gasteiger partial charge in [-0.3, -0.25) is 19.8 Å². The average Bonchev–Trinajstić information content (AvgIpc) is 3.19. The Morgan fingerprint density at radius 1 is 1.27 bits per heavy atom. The summed E-state index contributed by atoms with van der Waals surface area (Å²) >= 11 is 5.25. The number of non-ortho nitro benzene ring substituents is 1. The molecule has 134 valence electrons. The highest BCUT2D eigenvalue weighted by Crippen LogP contribution is 2.20. The van der Waals surface area contributed by atoms with Crippen molar-refractivity contribution in [3.05, 3.63) is 64.1 Å². The molecule has 0 aliphatic carbocycles. The molecule has 0 bridgehead atoms. The van der Waals surface area contributed by atoms with Gasteiger partial charge in [-0.05, 0) is 49.0 Å². The maximum Gasteiger partial charge on any atom is 0.276 e. The van der Waals surface area contributed by atoms with Crippen molar-refractivity contribution in [2.75, 3.05) is 6.54 Å². The molecule has 1 saturated heterocycles. The second-order valence-corrected chi connectivity index (χ2v) is 6.26. The number of nitro groups is 1. The smallest absolute Gasteiger partial charge is 0.276 e. The van der Waals surface area contributed by atoms with Gasteiger partial charge in [-0.15, -0.1) is 0 Å². The van der Waals surface area contributed by atoms with Crippen LogP contribution in [0, 0.1) is 10.1 Å². The first-order chi connectivity index (χ1) is 12.5. The average molecular weight is 370 g/mol. The minimum atomic E-state index is -0.435. The molecule has 26 heavy (non-hydrogen) atoms. The lowest BCUT2D eigenvalue weighted by molar-refractivity contribution is -0.384. The van der Waals surface area contributed by atoms with E-state index in [0.717, 1.165) is 24.2 Å². The summed E-state index contributed by atoms with van der Waals surface area (Å²) in [5.41, 5.74) is 2.00. The maximum atomic E-state index is 12.5. The van der Waals surface area contributed by atoms with Gasteiger partial charge in [0.2, 0.25) is 0 Å². The summed E-state index contributed by atoms with van der Waals surface area (Å²) in [7, 11) is 0. The van der Waals surface area contributed by atoms with E-state index in [9.17, 15) is 14.9 Å². The summed E-state index contributed by atoms with van der Waals surface area (Å²) in [5.74, 6) is -0.139. The Labute approximate surface area is 156 Å². The van der Waals surface area contributed by atoms with Gasteiger partial charge in [-0.1, -0.05) is 13.3 Å². The van der Waals surface area contributed by atoms with Crippen LogP contribution < -0.4 is 5.32 Å². The molecule has 7 nitrogen and oxygen atoms in total. The molecular formula is C18H18N4O3S. The number of nitrogens with one attached hydrogen (secondary N) is 1. The van der Waals surface area contributed by atoms with E-state index in [4.69, 9.17) is 12.2 Å². The fourth-order valence-corrected chi connectivity index (χ4v) is 3.00.